The molecule has 0 unspecified atom stereocenters. The predicted molar refractivity (Wildman–Crippen MR) is 138 cm³/mol. The van der Waals surface area contributed by atoms with Crippen LogP contribution in [0.5, 0.6) is 0 Å². The molecule has 1 aromatic heterocycles. The van der Waals surface area contributed by atoms with Crippen LogP contribution in [0.15, 0.2) is 54.6 Å². The number of carbonyl (C=O) groups is 1. The first-order valence-electron chi connectivity index (χ1n) is 11.0. The van der Waals surface area contributed by atoms with Crippen molar-refractivity contribution >= 4 is 45.2 Å². The number of amides is 1. The molecule has 0 aliphatic rings. The summed E-state index contributed by atoms with van der Waals surface area (Å²) in [5.41, 5.74) is 3.05. The second-order valence-corrected chi connectivity index (χ2v) is 10.6. The Bertz CT molecular complexity index is 1290. The van der Waals surface area contributed by atoms with Crippen LogP contribution in [0, 0.1) is 6.92 Å². The van der Waals surface area contributed by atoms with Gasteiger partial charge in [-0.15, -0.1) is 0 Å². The molecule has 0 atom stereocenters. The maximum atomic E-state index is 12.4. The monoisotopic (exact) mass is 519 g/mol. The number of nitrogens with zero attached hydrogens (tertiary/aromatic N) is 2. The van der Waals surface area contributed by atoms with Crippen molar-refractivity contribution in [3.63, 3.8) is 0 Å². The van der Waals surface area contributed by atoms with Crippen molar-refractivity contribution in [1.29, 1.82) is 0 Å². The number of rotatable bonds is 10. The van der Waals surface area contributed by atoms with Crippen molar-refractivity contribution in [1.82, 2.24) is 14.3 Å². The summed E-state index contributed by atoms with van der Waals surface area (Å²) in [6.45, 7) is 4.25. The van der Waals surface area contributed by atoms with Gasteiger partial charge >= 0.3 is 0 Å². The molecule has 180 valence electrons. The van der Waals surface area contributed by atoms with E-state index in [4.69, 9.17) is 28.2 Å². The first-order chi connectivity index (χ1) is 16.2. The molecule has 3 aromatic rings. The van der Waals surface area contributed by atoms with Crippen LogP contribution in [0.3, 0.4) is 0 Å². The van der Waals surface area contributed by atoms with Gasteiger partial charge in [-0.1, -0.05) is 79.4 Å². The van der Waals surface area contributed by atoms with E-state index >= 15 is 0 Å². The number of hydrogen-bond donors (Lipinski definition) is 1. The minimum Gasteiger partial charge on any atom is -0.324 e. The van der Waals surface area contributed by atoms with Crippen LogP contribution >= 0.6 is 23.2 Å². The summed E-state index contributed by atoms with van der Waals surface area (Å²) in [5.74, 6) is -0.0653. The minimum absolute atomic E-state index is 0.0816. The molecular formula is C25H27Cl2N3O3S. The van der Waals surface area contributed by atoms with Crippen LogP contribution in [0.2, 0.25) is 10.0 Å². The van der Waals surface area contributed by atoms with Crippen LogP contribution in [0.1, 0.15) is 43.3 Å². The van der Waals surface area contributed by atoms with Crippen LogP contribution in [0.4, 0.5) is 0 Å². The summed E-state index contributed by atoms with van der Waals surface area (Å²) in [6.07, 6.45) is 5.00. The van der Waals surface area contributed by atoms with Crippen LogP contribution < -0.4 is 4.72 Å². The van der Waals surface area contributed by atoms with Crippen molar-refractivity contribution in [2.45, 2.75) is 39.7 Å². The van der Waals surface area contributed by atoms with E-state index in [2.05, 4.69) is 4.72 Å². The maximum Gasteiger partial charge on any atom is 0.257 e. The average Bonchev–Trinajstić information content (AvgIpc) is 3.09. The van der Waals surface area contributed by atoms with E-state index in [1.165, 1.54) is 6.08 Å². The molecule has 1 N–H and O–H groups in total. The SMILES string of the molecule is CCCCCS(=O)(=O)NC(=O)/C=C/c1c(-c2ccccc2)nc(C)n1Cc1ccc(Cl)cc1Cl. The average molecular weight is 520 g/mol. The van der Waals surface area contributed by atoms with Crippen LogP contribution in [-0.4, -0.2) is 29.6 Å². The van der Waals surface area contributed by atoms with Gasteiger partial charge < -0.3 is 4.57 Å². The molecule has 6 nitrogen and oxygen atoms in total. The molecule has 0 saturated heterocycles. The maximum absolute atomic E-state index is 12.4. The molecule has 1 heterocycles. The summed E-state index contributed by atoms with van der Waals surface area (Å²) in [4.78, 5) is 17.2. The van der Waals surface area contributed by atoms with Gasteiger partial charge in [0.1, 0.15) is 5.82 Å². The Kier molecular flexibility index (Phi) is 8.94. The molecule has 0 spiro atoms. The van der Waals surface area contributed by atoms with E-state index in [9.17, 15) is 13.2 Å². The molecule has 2 aromatic carbocycles. The number of carbonyl (C=O) groups excluding carboxylic acids is 1. The van der Waals surface area contributed by atoms with E-state index in [1.54, 1.807) is 18.2 Å². The fraction of sp³-hybridized carbons (Fsp3) is 0.280. The number of aryl methyl sites for hydroxylation is 1. The number of imidazole rings is 1. The van der Waals surface area contributed by atoms with Crippen molar-refractivity contribution < 1.29 is 13.2 Å². The van der Waals surface area contributed by atoms with Crippen molar-refractivity contribution in [2.75, 3.05) is 5.75 Å². The normalized spacial score (nSPS) is 11.8. The van der Waals surface area contributed by atoms with Gasteiger partial charge in [-0.25, -0.2) is 18.1 Å². The second kappa shape index (κ2) is 11.7. The van der Waals surface area contributed by atoms with Gasteiger partial charge in [-0.05, 0) is 37.1 Å². The lowest BCUT2D eigenvalue weighted by Gasteiger charge is -2.11. The van der Waals surface area contributed by atoms with Gasteiger partial charge in [-0.3, -0.25) is 4.79 Å². The van der Waals surface area contributed by atoms with Gasteiger partial charge in [0, 0.05) is 21.7 Å². The molecule has 0 fully saturated rings. The van der Waals surface area contributed by atoms with Crippen molar-refractivity contribution in [2.24, 2.45) is 0 Å². The molecule has 3 rings (SSSR count). The first kappa shape index (κ1) is 26.0. The third-order valence-electron chi connectivity index (χ3n) is 5.25. The van der Waals surface area contributed by atoms with Crippen LogP contribution in [-0.2, 0) is 21.4 Å². The lowest BCUT2D eigenvalue weighted by Crippen LogP contribution is -2.31. The van der Waals surface area contributed by atoms with Gasteiger partial charge in [0.2, 0.25) is 10.0 Å². The summed E-state index contributed by atoms with van der Waals surface area (Å²) < 4.78 is 28.4. The summed E-state index contributed by atoms with van der Waals surface area (Å²) in [7, 11) is -3.69. The number of sulfonamides is 1. The smallest absolute Gasteiger partial charge is 0.257 e. The fourth-order valence-electron chi connectivity index (χ4n) is 3.51. The topological polar surface area (TPSA) is 81.1 Å². The first-order valence-corrected chi connectivity index (χ1v) is 13.4. The third-order valence-corrected chi connectivity index (χ3v) is 7.18. The zero-order valence-corrected chi connectivity index (χ0v) is 21.4. The van der Waals surface area contributed by atoms with E-state index in [0.29, 0.717) is 34.4 Å². The van der Waals surface area contributed by atoms with Gasteiger partial charge in [0.15, 0.2) is 0 Å². The zero-order chi connectivity index (χ0) is 24.7. The molecule has 34 heavy (non-hydrogen) atoms. The number of benzene rings is 2. The van der Waals surface area contributed by atoms with E-state index < -0.39 is 15.9 Å². The summed E-state index contributed by atoms with van der Waals surface area (Å²) >= 11 is 12.4. The molecule has 0 aliphatic heterocycles. The lowest BCUT2D eigenvalue weighted by molar-refractivity contribution is -0.114. The standard InChI is InChI=1S/C25H27Cl2N3O3S/c1-3-4-8-15-34(32,33)29-24(31)14-13-23-25(19-9-6-5-7-10-19)28-18(2)30(23)17-20-11-12-21(26)16-22(20)27/h5-7,9-14,16H,3-4,8,15,17H2,1-2H3,(H,29,31)/b14-13+. The van der Waals surface area contributed by atoms with Crippen molar-refractivity contribution in [3.8, 4) is 11.3 Å². The molecule has 0 aliphatic carbocycles. The molecular weight excluding hydrogens is 493 g/mol. The predicted octanol–water partition coefficient (Wildman–Crippen LogP) is 5.86. The van der Waals surface area contributed by atoms with Crippen LogP contribution in [0.25, 0.3) is 17.3 Å². The highest BCUT2D eigenvalue weighted by molar-refractivity contribution is 7.90. The Balaban J connectivity index is 1.94. The summed E-state index contributed by atoms with van der Waals surface area (Å²) in [6, 6.07) is 14.9. The number of halogens is 2. The van der Waals surface area contributed by atoms with Gasteiger partial charge in [0.05, 0.1) is 23.7 Å². The minimum atomic E-state index is -3.69. The van der Waals surface area contributed by atoms with E-state index in [0.717, 1.165) is 29.8 Å². The van der Waals surface area contributed by atoms with Crippen molar-refractivity contribution in [3.05, 3.63) is 81.7 Å². The largest absolute Gasteiger partial charge is 0.324 e. The fourth-order valence-corrected chi connectivity index (χ4v) is 5.04. The lowest BCUT2D eigenvalue weighted by atomic mass is 10.1. The molecule has 0 radical (unpaired) electrons. The van der Waals surface area contributed by atoms with Gasteiger partial charge in [0.25, 0.3) is 5.91 Å². The van der Waals surface area contributed by atoms with E-state index in [1.807, 2.05) is 54.8 Å². The second-order valence-electron chi connectivity index (χ2n) is 7.91. The molecule has 9 heteroatoms. The highest BCUT2D eigenvalue weighted by Gasteiger charge is 2.17. The molecule has 0 saturated carbocycles. The third kappa shape index (κ3) is 6.95. The van der Waals surface area contributed by atoms with Gasteiger partial charge in [-0.2, -0.15) is 0 Å². The highest BCUT2D eigenvalue weighted by atomic mass is 35.5. The van der Waals surface area contributed by atoms with E-state index in [-0.39, 0.29) is 5.75 Å². The number of unbranched alkanes of at least 4 members (excludes halogenated alkanes) is 2. The Hall–Kier alpha value is -2.61. The molecule has 0 bridgehead atoms. The number of hydrogen-bond acceptors (Lipinski definition) is 4. The highest BCUT2D eigenvalue weighted by Crippen LogP contribution is 2.28. The Morgan fingerprint density at radius 1 is 1.12 bits per heavy atom. The zero-order valence-electron chi connectivity index (χ0n) is 19.1. The summed E-state index contributed by atoms with van der Waals surface area (Å²) in [5, 5.41) is 1.06. The number of aromatic nitrogens is 2. The Labute approximate surface area is 210 Å². The quantitative estimate of drug-likeness (QED) is 0.268. The number of nitrogens with one attached hydrogen (secondary N) is 1. The Morgan fingerprint density at radius 2 is 1.85 bits per heavy atom. The Morgan fingerprint density at radius 3 is 2.53 bits per heavy atom. The molecule has 1 amide bonds.